The van der Waals surface area contributed by atoms with Crippen LogP contribution in [0.5, 0.6) is 0 Å². The molecule has 2 N–H and O–H groups in total. The van der Waals surface area contributed by atoms with Gasteiger partial charge >= 0.3 is 12.1 Å². The first kappa shape index (κ1) is 16.8. The van der Waals surface area contributed by atoms with Crippen LogP contribution in [0.15, 0.2) is 24.3 Å². The number of thioether (sulfide) groups is 1. The highest BCUT2D eigenvalue weighted by Crippen LogP contribution is 2.18. The zero-order valence-corrected chi connectivity index (χ0v) is 12.1. The predicted octanol–water partition coefficient (Wildman–Crippen LogP) is 3.03. The molecule has 0 aliphatic rings. The standard InChI is InChI=1S/C13H17F3N2OS/c1-9(20-2)7-17-8-10-4-3-5-11(6-10)18-12(19)13(14,15)16/h3-6,9,17H,7-8H2,1-2H3,(H,18,19). The van der Waals surface area contributed by atoms with Crippen molar-refractivity contribution in [3.63, 3.8) is 0 Å². The van der Waals surface area contributed by atoms with Gasteiger partial charge in [0.2, 0.25) is 0 Å². The van der Waals surface area contributed by atoms with Crippen LogP contribution in [0, 0.1) is 0 Å². The highest BCUT2D eigenvalue weighted by Gasteiger charge is 2.38. The van der Waals surface area contributed by atoms with Gasteiger partial charge in [0.1, 0.15) is 0 Å². The quantitative estimate of drug-likeness (QED) is 0.849. The summed E-state index contributed by atoms with van der Waals surface area (Å²) in [4.78, 5) is 10.8. The molecule has 0 bridgehead atoms. The summed E-state index contributed by atoms with van der Waals surface area (Å²) in [5.41, 5.74) is 0.961. The molecule has 0 aliphatic carbocycles. The highest BCUT2D eigenvalue weighted by atomic mass is 32.2. The van der Waals surface area contributed by atoms with Crippen LogP contribution in [0.4, 0.5) is 18.9 Å². The Kier molecular flexibility index (Phi) is 6.35. The molecule has 1 atom stereocenters. The Bertz CT molecular complexity index is 451. The Labute approximate surface area is 120 Å². The lowest BCUT2D eigenvalue weighted by Gasteiger charge is -2.11. The van der Waals surface area contributed by atoms with E-state index in [1.165, 1.54) is 12.1 Å². The van der Waals surface area contributed by atoms with Gasteiger partial charge in [0, 0.05) is 24.0 Å². The topological polar surface area (TPSA) is 41.1 Å². The van der Waals surface area contributed by atoms with Crippen molar-refractivity contribution in [2.45, 2.75) is 24.9 Å². The number of alkyl halides is 3. The lowest BCUT2D eigenvalue weighted by atomic mass is 10.2. The van der Waals surface area contributed by atoms with Gasteiger partial charge in [0.15, 0.2) is 0 Å². The largest absolute Gasteiger partial charge is 0.471 e. The van der Waals surface area contributed by atoms with Gasteiger partial charge in [-0.15, -0.1) is 0 Å². The molecule has 1 unspecified atom stereocenters. The average Bonchev–Trinajstić information content (AvgIpc) is 2.38. The van der Waals surface area contributed by atoms with E-state index in [0.29, 0.717) is 11.8 Å². The van der Waals surface area contributed by atoms with E-state index in [1.54, 1.807) is 23.9 Å². The van der Waals surface area contributed by atoms with Gasteiger partial charge < -0.3 is 10.6 Å². The van der Waals surface area contributed by atoms with Crippen LogP contribution in [0.3, 0.4) is 0 Å². The van der Waals surface area contributed by atoms with Crippen LogP contribution >= 0.6 is 11.8 Å². The summed E-state index contributed by atoms with van der Waals surface area (Å²) in [5.74, 6) is -1.96. The number of hydrogen-bond donors (Lipinski definition) is 2. The summed E-state index contributed by atoms with van der Waals surface area (Å²) in [6, 6.07) is 6.36. The Morgan fingerprint density at radius 3 is 2.70 bits per heavy atom. The summed E-state index contributed by atoms with van der Waals surface area (Å²) < 4.78 is 36.4. The zero-order chi connectivity index (χ0) is 15.2. The van der Waals surface area contributed by atoms with E-state index in [2.05, 4.69) is 12.2 Å². The van der Waals surface area contributed by atoms with Crippen LogP contribution < -0.4 is 10.6 Å². The number of rotatable bonds is 6. The molecule has 20 heavy (non-hydrogen) atoms. The first-order valence-electron chi connectivity index (χ1n) is 6.03. The molecule has 3 nitrogen and oxygen atoms in total. The second-order valence-electron chi connectivity index (χ2n) is 4.33. The Morgan fingerprint density at radius 2 is 2.10 bits per heavy atom. The van der Waals surface area contributed by atoms with Gasteiger partial charge in [-0.05, 0) is 24.0 Å². The summed E-state index contributed by atoms with van der Waals surface area (Å²) >= 11 is 1.73. The number of halogens is 3. The van der Waals surface area contributed by atoms with Crippen LogP contribution in [0.1, 0.15) is 12.5 Å². The first-order valence-corrected chi connectivity index (χ1v) is 7.32. The molecule has 7 heteroatoms. The minimum Gasteiger partial charge on any atom is -0.318 e. The molecule has 0 saturated carbocycles. The summed E-state index contributed by atoms with van der Waals surface area (Å²) in [6.45, 7) is 3.43. The predicted molar refractivity (Wildman–Crippen MR) is 75.8 cm³/mol. The van der Waals surface area contributed by atoms with Crippen LogP contribution in [-0.4, -0.2) is 30.1 Å². The smallest absolute Gasteiger partial charge is 0.318 e. The van der Waals surface area contributed by atoms with E-state index in [-0.39, 0.29) is 5.69 Å². The number of carbonyl (C=O) groups excluding carboxylic acids is 1. The number of hydrogen-bond acceptors (Lipinski definition) is 3. The van der Waals surface area contributed by atoms with Crippen molar-refractivity contribution in [3.8, 4) is 0 Å². The Hall–Kier alpha value is -1.21. The van der Waals surface area contributed by atoms with Crippen LogP contribution in [0.2, 0.25) is 0 Å². The van der Waals surface area contributed by atoms with Crippen LogP contribution in [0.25, 0.3) is 0 Å². The molecule has 0 heterocycles. The molecular formula is C13H17F3N2OS. The van der Waals surface area contributed by atoms with Crippen molar-refractivity contribution in [2.24, 2.45) is 0 Å². The van der Waals surface area contributed by atoms with Crippen molar-refractivity contribution < 1.29 is 18.0 Å². The van der Waals surface area contributed by atoms with Gasteiger partial charge in [0.05, 0.1) is 0 Å². The van der Waals surface area contributed by atoms with Crippen molar-refractivity contribution in [1.29, 1.82) is 0 Å². The van der Waals surface area contributed by atoms with E-state index in [4.69, 9.17) is 0 Å². The summed E-state index contributed by atoms with van der Waals surface area (Å²) in [6.07, 6.45) is -2.86. The minimum absolute atomic E-state index is 0.143. The van der Waals surface area contributed by atoms with Crippen LogP contribution in [-0.2, 0) is 11.3 Å². The monoisotopic (exact) mass is 306 g/mol. The van der Waals surface area contributed by atoms with Gasteiger partial charge in [-0.2, -0.15) is 24.9 Å². The maximum absolute atomic E-state index is 12.1. The molecule has 0 fully saturated rings. The number of nitrogens with one attached hydrogen (secondary N) is 2. The molecule has 1 aromatic carbocycles. The molecule has 0 spiro atoms. The summed E-state index contributed by atoms with van der Waals surface area (Å²) in [5, 5.41) is 5.51. The minimum atomic E-state index is -4.87. The molecule has 0 aromatic heterocycles. The van der Waals surface area contributed by atoms with E-state index in [1.807, 2.05) is 11.6 Å². The van der Waals surface area contributed by atoms with Crippen molar-refractivity contribution >= 4 is 23.4 Å². The zero-order valence-electron chi connectivity index (χ0n) is 11.3. The molecular weight excluding hydrogens is 289 g/mol. The number of amides is 1. The average molecular weight is 306 g/mol. The third-order valence-electron chi connectivity index (χ3n) is 2.61. The van der Waals surface area contributed by atoms with Crippen molar-refractivity contribution in [2.75, 3.05) is 18.1 Å². The van der Waals surface area contributed by atoms with Gasteiger partial charge in [-0.1, -0.05) is 19.1 Å². The molecule has 1 rings (SSSR count). The molecule has 0 saturated heterocycles. The SMILES string of the molecule is CSC(C)CNCc1cccc(NC(=O)C(F)(F)F)c1. The van der Waals surface area contributed by atoms with Gasteiger partial charge in [-0.25, -0.2) is 0 Å². The third kappa shape index (κ3) is 5.83. The second kappa shape index (κ2) is 7.54. The van der Waals surface area contributed by atoms with Gasteiger partial charge in [0.25, 0.3) is 0 Å². The third-order valence-corrected chi connectivity index (χ3v) is 3.58. The lowest BCUT2D eigenvalue weighted by Crippen LogP contribution is -2.30. The molecule has 1 aromatic rings. The Balaban J connectivity index is 2.56. The maximum Gasteiger partial charge on any atom is 0.471 e. The fraction of sp³-hybridized carbons (Fsp3) is 0.462. The Morgan fingerprint density at radius 1 is 1.40 bits per heavy atom. The second-order valence-corrected chi connectivity index (χ2v) is 5.61. The number of anilines is 1. The van der Waals surface area contributed by atoms with Crippen molar-refractivity contribution in [1.82, 2.24) is 5.32 Å². The fourth-order valence-corrected chi connectivity index (χ4v) is 1.75. The molecule has 0 aliphatic heterocycles. The van der Waals surface area contributed by atoms with Gasteiger partial charge in [-0.3, -0.25) is 4.79 Å². The molecule has 112 valence electrons. The number of carbonyl (C=O) groups is 1. The normalized spacial score (nSPS) is 13.1. The number of benzene rings is 1. The van der Waals surface area contributed by atoms with E-state index in [9.17, 15) is 18.0 Å². The first-order chi connectivity index (χ1) is 9.32. The lowest BCUT2D eigenvalue weighted by molar-refractivity contribution is -0.167. The fourth-order valence-electron chi connectivity index (χ4n) is 1.46. The molecule has 1 amide bonds. The van der Waals surface area contributed by atoms with Crippen molar-refractivity contribution in [3.05, 3.63) is 29.8 Å². The van der Waals surface area contributed by atoms with E-state index >= 15 is 0 Å². The highest BCUT2D eigenvalue weighted by molar-refractivity contribution is 7.99. The van der Waals surface area contributed by atoms with E-state index < -0.39 is 12.1 Å². The summed E-state index contributed by atoms with van der Waals surface area (Å²) in [7, 11) is 0. The van der Waals surface area contributed by atoms with E-state index in [0.717, 1.165) is 12.1 Å². The molecule has 0 radical (unpaired) electrons. The maximum atomic E-state index is 12.1.